The molecule has 3 aliphatic heterocycles. The Bertz CT molecular complexity index is 1120. The molecule has 1 N–H and O–H groups in total. The number of aromatic hydroxyl groups is 1. The molecule has 1 saturated heterocycles. The van der Waals surface area contributed by atoms with Crippen molar-refractivity contribution >= 4 is 17.7 Å². The van der Waals surface area contributed by atoms with Gasteiger partial charge in [0.25, 0.3) is 11.8 Å². The summed E-state index contributed by atoms with van der Waals surface area (Å²) in [4.78, 5) is 44.8. The van der Waals surface area contributed by atoms with E-state index in [2.05, 4.69) is 0 Å². The summed E-state index contributed by atoms with van der Waals surface area (Å²) >= 11 is 0. The van der Waals surface area contributed by atoms with Gasteiger partial charge in [-0.1, -0.05) is 12.1 Å². The zero-order chi connectivity index (χ0) is 23.3. The summed E-state index contributed by atoms with van der Waals surface area (Å²) in [7, 11) is 1.65. The van der Waals surface area contributed by atoms with Crippen molar-refractivity contribution in [2.45, 2.75) is 38.3 Å². The van der Waals surface area contributed by atoms with E-state index >= 15 is 0 Å². The first kappa shape index (κ1) is 21.5. The van der Waals surface area contributed by atoms with Gasteiger partial charge in [0.15, 0.2) is 11.4 Å². The lowest BCUT2D eigenvalue weighted by Crippen LogP contribution is -2.48. The fourth-order valence-electron chi connectivity index (χ4n) is 5.20. The van der Waals surface area contributed by atoms with Gasteiger partial charge in [0.2, 0.25) is 5.91 Å². The van der Waals surface area contributed by atoms with E-state index in [1.165, 1.54) is 21.9 Å². The van der Waals surface area contributed by atoms with Crippen molar-refractivity contribution in [3.8, 4) is 5.75 Å². The van der Waals surface area contributed by atoms with E-state index in [9.17, 15) is 23.9 Å². The molecule has 0 radical (unpaired) electrons. The van der Waals surface area contributed by atoms with Crippen molar-refractivity contribution in [1.29, 1.82) is 0 Å². The minimum atomic E-state index is -0.674. The molecule has 0 bridgehead atoms. The van der Waals surface area contributed by atoms with Gasteiger partial charge >= 0.3 is 0 Å². The maximum absolute atomic E-state index is 13.7. The second-order valence-corrected chi connectivity index (χ2v) is 9.09. The molecule has 1 fully saturated rings. The van der Waals surface area contributed by atoms with E-state index in [0.717, 1.165) is 24.8 Å². The van der Waals surface area contributed by atoms with E-state index in [1.54, 1.807) is 23.7 Å². The van der Waals surface area contributed by atoms with Crippen LogP contribution in [0.4, 0.5) is 4.39 Å². The molecule has 9 heteroatoms. The Hall–Kier alpha value is -3.36. The van der Waals surface area contributed by atoms with Gasteiger partial charge in [-0.25, -0.2) is 4.39 Å². The predicted molar refractivity (Wildman–Crippen MR) is 117 cm³/mol. The van der Waals surface area contributed by atoms with E-state index in [0.29, 0.717) is 31.9 Å². The molecule has 1 aromatic carbocycles. The summed E-state index contributed by atoms with van der Waals surface area (Å²) < 4.78 is 15.0. The highest BCUT2D eigenvalue weighted by atomic mass is 19.1. The maximum atomic E-state index is 13.7. The normalized spacial score (nSPS) is 20.7. The van der Waals surface area contributed by atoms with Gasteiger partial charge in [-0.2, -0.15) is 0 Å². The first-order valence-corrected chi connectivity index (χ1v) is 11.4. The third-order valence-electron chi connectivity index (χ3n) is 6.97. The lowest BCUT2D eigenvalue weighted by atomic mass is 9.92. The number of amides is 3. The van der Waals surface area contributed by atoms with Crippen molar-refractivity contribution in [2.75, 3.05) is 33.2 Å². The smallest absolute Gasteiger partial charge is 0.274 e. The summed E-state index contributed by atoms with van der Waals surface area (Å²) in [5, 5.41) is 11.0. The van der Waals surface area contributed by atoms with Crippen LogP contribution in [0.2, 0.25) is 0 Å². The SMILES string of the molecule is CN1CCn2c(c(O)c3c2C(C(=O)N2CCCCC2)CN(Cc2ccc(F)cc2)C3=O)C1=O. The van der Waals surface area contributed by atoms with E-state index in [1.807, 2.05) is 4.90 Å². The lowest BCUT2D eigenvalue weighted by Gasteiger charge is -2.37. The summed E-state index contributed by atoms with van der Waals surface area (Å²) in [5.41, 5.74) is 1.27. The van der Waals surface area contributed by atoms with Crippen LogP contribution >= 0.6 is 0 Å². The zero-order valence-electron chi connectivity index (χ0n) is 18.6. The molecule has 2 aromatic rings. The molecule has 0 spiro atoms. The van der Waals surface area contributed by atoms with Gasteiger partial charge in [0.1, 0.15) is 11.4 Å². The largest absolute Gasteiger partial charge is 0.505 e. The third-order valence-corrected chi connectivity index (χ3v) is 6.97. The van der Waals surface area contributed by atoms with Gasteiger partial charge in [-0.15, -0.1) is 0 Å². The number of hydrogen-bond acceptors (Lipinski definition) is 4. The van der Waals surface area contributed by atoms with Gasteiger partial charge in [-0.3, -0.25) is 14.4 Å². The van der Waals surface area contributed by atoms with Gasteiger partial charge in [0.05, 0.1) is 5.92 Å². The number of fused-ring (bicyclic) bond motifs is 3. The first-order chi connectivity index (χ1) is 15.9. The number of likely N-dealkylation sites (tertiary alicyclic amines) is 1. The second kappa shape index (κ2) is 8.20. The van der Waals surface area contributed by atoms with Crippen molar-refractivity contribution in [1.82, 2.24) is 19.3 Å². The average molecular weight is 455 g/mol. The molecule has 0 saturated carbocycles. The topological polar surface area (TPSA) is 86.1 Å². The number of aromatic nitrogens is 1. The van der Waals surface area contributed by atoms with Gasteiger partial charge in [0, 0.05) is 52.0 Å². The Kier molecular flexibility index (Phi) is 5.34. The number of likely N-dealkylation sites (N-methyl/N-ethyl adjacent to an activating group) is 1. The molecule has 3 amide bonds. The highest BCUT2D eigenvalue weighted by Gasteiger charge is 2.45. The lowest BCUT2D eigenvalue weighted by molar-refractivity contribution is -0.134. The van der Waals surface area contributed by atoms with Crippen molar-refractivity contribution < 1.29 is 23.9 Å². The highest BCUT2D eigenvalue weighted by molar-refractivity contribution is 6.07. The van der Waals surface area contributed by atoms with Crippen LogP contribution in [0, 0.1) is 5.82 Å². The number of hydrogen-bond donors (Lipinski definition) is 1. The van der Waals surface area contributed by atoms with Crippen molar-refractivity contribution in [2.24, 2.45) is 0 Å². The maximum Gasteiger partial charge on any atom is 0.274 e. The molecular weight excluding hydrogens is 427 g/mol. The molecule has 1 atom stereocenters. The van der Waals surface area contributed by atoms with Crippen LogP contribution in [-0.4, -0.2) is 75.3 Å². The summed E-state index contributed by atoms with van der Waals surface area (Å²) in [5.74, 6) is -2.27. The van der Waals surface area contributed by atoms with Crippen LogP contribution < -0.4 is 0 Å². The number of carbonyl (C=O) groups is 3. The van der Waals surface area contributed by atoms with Gasteiger partial charge < -0.3 is 24.4 Å². The average Bonchev–Trinajstić information content (AvgIpc) is 3.13. The Morgan fingerprint density at radius 1 is 1.03 bits per heavy atom. The van der Waals surface area contributed by atoms with E-state index < -0.39 is 11.8 Å². The van der Waals surface area contributed by atoms with Crippen LogP contribution in [0.5, 0.6) is 5.75 Å². The first-order valence-electron chi connectivity index (χ1n) is 11.4. The molecule has 174 valence electrons. The van der Waals surface area contributed by atoms with Crippen LogP contribution in [0.1, 0.15) is 57.3 Å². The molecule has 8 nitrogen and oxygen atoms in total. The number of benzene rings is 1. The summed E-state index contributed by atoms with van der Waals surface area (Å²) in [6.45, 7) is 2.50. The van der Waals surface area contributed by atoms with Crippen molar-refractivity contribution in [3.05, 3.63) is 52.6 Å². The quantitative estimate of drug-likeness (QED) is 0.770. The number of carbonyl (C=O) groups excluding carboxylic acids is 3. The molecule has 33 heavy (non-hydrogen) atoms. The Morgan fingerprint density at radius 3 is 2.42 bits per heavy atom. The number of halogens is 1. The van der Waals surface area contributed by atoms with Gasteiger partial charge in [-0.05, 0) is 37.0 Å². The van der Waals surface area contributed by atoms with E-state index in [-0.39, 0.29) is 47.7 Å². The van der Waals surface area contributed by atoms with E-state index in [4.69, 9.17) is 0 Å². The molecule has 4 heterocycles. The molecular formula is C24H27FN4O4. The highest BCUT2D eigenvalue weighted by Crippen LogP contribution is 2.41. The fourth-order valence-corrected chi connectivity index (χ4v) is 5.20. The fraction of sp³-hybridized carbons (Fsp3) is 0.458. The van der Waals surface area contributed by atoms with Crippen LogP contribution in [0.25, 0.3) is 0 Å². The standard InChI is InChI=1S/C24H27FN4O4/c1-26-11-12-29-19-17(22(31)27-9-3-2-4-10-27)14-28(13-15-5-7-16(25)8-6-15)23(32)18(19)21(30)20(29)24(26)33/h5-8,17,30H,2-4,9-14H2,1H3. The minimum absolute atomic E-state index is 0.0392. The van der Waals surface area contributed by atoms with Crippen molar-refractivity contribution in [3.63, 3.8) is 0 Å². The minimum Gasteiger partial charge on any atom is -0.505 e. The van der Waals surface area contributed by atoms with Crippen LogP contribution in [-0.2, 0) is 17.9 Å². The number of rotatable bonds is 3. The Balaban J connectivity index is 1.58. The summed E-state index contributed by atoms with van der Waals surface area (Å²) in [6.07, 6.45) is 2.95. The molecule has 1 aromatic heterocycles. The molecule has 1 unspecified atom stereocenters. The van der Waals surface area contributed by atoms with Crippen LogP contribution in [0.3, 0.4) is 0 Å². The number of nitrogens with zero attached hydrogens (tertiary/aromatic N) is 4. The molecule has 5 rings (SSSR count). The second-order valence-electron chi connectivity index (χ2n) is 9.09. The Morgan fingerprint density at radius 2 is 1.73 bits per heavy atom. The summed E-state index contributed by atoms with van der Waals surface area (Å²) in [6, 6.07) is 5.86. The van der Waals surface area contributed by atoms with Crippen LogP contribution in [0.15, 0.2) is 24.3 Å². The predicted octanol–water partition coefficient (Wildman–Crippen LogP) is 2.17. The molecule has 0 aliphatic carbocycles. The third kappa shape index (κ3) is 3.55. The Labute approximate surface area is 191 Å². The molecule has 3 aliphatic rings. The monoisotopic (exact) mass is 454 g/mol. The number of piperidine rings is 1. The zero-order valence-corrected chi connectivity index (χ0v) is 18.6.